The number of aromatic nitrogens is 5. The lowest BCUT2D eigenvalue weighted by Gasteiger charge is -2.10. The van der Waals surface area contributed by atoms with Gasteiger partial charge in [0.25, 0.3) is 0 Å². The smallest absolute Gasteiger partial charge is 0.319 e. The lowest BCUT2D eigenvalue weighted by atomic mass is 10.0. The highest BCUT2D eigenvalue weighted by molar-refractivity contribution is 5.67. The van der Waals surface area contributed by atoms with Crippen molar-refractivity contribution < 1.29 is 9.47 Å². The Labute approximate surface area is 179 Å². The Kier molecular flexibility index (Phi) is 4.71. The third kappa shape index (κ3) is 3.55. The van der Waals surface area contributed by atoms with E-state index < -0.39 is 0 Å². The molecule has 1 aliphatic rings. The number of hydrogen-bond donors (Lipinski definition) is 0. The predicted molar refractivity (Wildman–Crippen MR) is 113 cm³/mol. The minimum Gasteiger partial charge on any atom is -0.480 e. The van der Waals surface area contributed by atoms with Crippen LogP contribution in [0.2, 0.25) is 0 Å². The molecule has 0 saturated heterocycles. The minimum absolute atomic E-state index is 0.245. The van der Waals surface area contributed by atoms with Crippen LogP contribution in [0, 0.1) is 17.2 Å². The Balaban J connectivity index is 1.47. The lowest BCUT2D eigenvalue weighted by molar-refractivity contribution is 0.353. The van der Waals surface area contributed by atoms with Crippen molar-refractivity contribution in [2.24, 2.45) is 5.92 Å². The van der Waals surface area contributed by atoms with Gasteiger partial charge in [0.15, 0.2) is 5.65 Å². The molecule has 8 nitrogen and oxygen atoms in total. The van der Waals surface area contributed by atoms with E-state index in [-0.39, 0.29) is 6.01 Å². The van der Waals surface area contributed by atoms with Crippen LogP contribution in [0.3, 0.4) is 0 Å². The second-order valence-corrected chi connectivity index (χ2v) is 7.58. The minimum atomic E-state index is 0.245. The molecule has 3 aromatic heterocycles. The molecule has 3 heterocycles. The molecule has 1 aromatic carbocycles. The van der Waals surface area contributed by atoms with Crippen molar-refractivity contribution in [3.8, 4) is 29.2 Å². The van der Waals surface area contributed by atoms with E-state index in [9.17, 15) is 0 Å². The van der Waals surface area contributed by atoms with Gasteiger partial charge in [-0.2, -0.15) is 15.3 Å². The summed E-state index contributed by atoms with van der Waals surface area (Å²) >= 11 is 0. The van der Waals surface area contributed by atoms with Gasteiger partial charge in [0, 0.05) is 24.2 Å². The van der Waals surface area contributed by atoms with Crippen molar-refractivity contribution in [1.29, 1.82) is 5.26 Å². The average molecular weight is 412 g/mol. The summed E-state index contributed by atoms with van der Waals surface area (Å²) in [6, 6.07) is 12.3. The molecule has 0 amide bonds. The van der Waals surface area contributed by atoms with E-state index in [4.69, 9.17) is 19.8 Å². The largest absolute Gasteiger partial charge is 0.480 e. The number of imidazole rings is 1. The average Bonchev–Trinajstić information content (AvgIpc) is 3.41. The molecule has 0 aliphatic heterocycles. The number of nitrogens with zero attached hydrogens (tertiary/aromatic N) is 6. The van der Waals surface area contributed by atoms with E-state index in [2.05, 4.69) is 27.1 Å². The fourth-order valence-corrected chi connectivity index (χ4v) is 4.00. The van der Waals surface area contributed by atoms with E-state index in [1.807, 2.05) is 30.5 Å². The molecule has 154 valence electrons. The Hall–Kier alpha value is -3.99. The Morgan fingerprint density at radius 3 is 2.74 bits per heavy atom. The van der Waals surface area contributed by atoms with Gasteiger partial charge < -0.3 is 9.47 Å². The molecule has 1 aliphatic carbocycles. The standard InChI is InChI=1S/C23H20N6O2/c1-30-22-19(13-26-23(27-22)31-2)20-11-18(21-25-7-8-29(21)28-20)17-10-16(17)9-14-3-5-15(12-24)6-4-14/h3-8,11,13,16-17H,9-10H2,1-2H3/t16-,17-/m0/s1. The number of hydrogen-bond acceptors (Lipinski definition) is 7. The molecule has 1 fully saturated rings. The number of fused-ring (bicyclic) bond motifs is 1. The number of nitriles is 1. The van der Waals surface area contributed by atoms with Crippen molar-refractivity contribution in [3.63, 3.8) is 0 Å². The molecule has 5 rings (SSSR count). The number of benzene rings is 1. The van der Waals surface area contributed by atoms with Crippen molar-refractivity contribution in [2.75, 3.05) is 14.2 Å². The van der Waals surface area contributed by atoms with E-state index in [0.717, 1.165) is 29.7 Å². The van der Waals surface area contributed by atoms with Gasteiger partial charge in [-0.1, -0.05) is 12.1 Å². The summed E-state index contributed by atoms with van der Waals surface area (Å²) in [6.07, 6.45) is 7.32. The first-order valence-corrected chi connectivity index (χ1v) is 9.99. The highest BCUT2D eigenvalue weighted by atomic mass is 16.5. The van der Waals surface area contributed by atoms with Gasteiger partial charge in [-0.05, 0) is 48.4 Å². The molecule has 0 N–H and O–H groups in total. The molecule has 4 aromatic rings. The second kappa shape index (κ2) is 7.69. The molecule has 2 atom stereocenters. The quantitative estimate of drug-likeness (QED) is 0.478. The maximum absolute atomic E-state index is 8.99. The summed E-state index contributed by atoms with van der Waals surface area (Å²) in [5, 5.41) is 13.7. The first kappa shape index (κ1) is 19.0. The van der Waals surface area contributed by atoms with Crippen LogP contribution < -0.4 is 9.47 Å². The highest BCUT2D eigenvalue weighted by Gasteiger charge is 2.40. The van der Waals surface area contributed by atoms with Crippen LogP contribution in [0.4, 0.5) is 0 Å². The van der Waals surface area contributed by atoms with E-state index in [0.29, 0.717) is 28.8 Å². The number of ether oxygens (including phenoxy) is 2. The van der Waals surface area contributed by atoms with Crippen molar-refractivity contribution >= 4 is 5.65 Å². The Bertz CT molecular complexity index is 1290. The molecule has 0 bridgehead atoms. The summed E-state index contributed by atoms with van der Waals surface area (Å²) in [7, 11) is 3.08. The molecule has 0 spiro atoms. The molecule has 31 heavy (non-hydrogen) atoms. The van der Waals surface area contributed by atoms with Crippen LogP contribution in [0.15, 0.2) is 48.9 Å². The summed E-state index contributed by atoms with van der Waals surface area (Å²) in [5.41, 5.74) is 5.37. The summed E-state index contributed by atoms with van der Waals surface area (Å²) in [6.45, 7) is 0. The van der Waals surface area contributed by atoms with E-state index >= 15 is 0 Å². The van der Waals surface area contributed by atoms with Crippen LogP contribution in [0.1, 0.15) is 29.0 Å². The SMILES string of the molecule is COc1ncc(-c2cc([C@H]3C[C@@H]3Cc3ccc(C#N)cc3)c3nccn3n2)c(OC)n1. The zero-order chi connectivity index (χ0) is 21.4. The van der Waals surface area contributed by atoms with Crippen LogP contribution in [0.25, 0.3) is 16.9 Å². The van der Waals surface area contributed by atoms with E-state index in [1.54, 1.807) is 24.0 Å². The lowest BCUT2D eigenvalue weighted by Crippen LogP contribution is -2.03. The monoisotopic (exact) mass is 412 g/mol. The predicted octanol–water partition coefficient (Wildman–Crippen LogP) is 3.42. The van der Waals surface area contributed by atoms with Crippen molar-refractivity contribution in [2.45, 2.75) is 18.8 Å². The Morgan fingerprint density at radius 1 is 1.16 bits per heavy atom. The zero-order valence-corrected chi connectivity index (χ0v) is 17.2. The van der Waals surface area contributed by atoms with Gasteiger partial charge in [-0.15, -0.1) is 0 Å². The second-order valence-electron chi connectivity index (χ2n) is 7.58. The number of rotatable bonds is 6. The van der Waals surface area contributed by atoms with Gasteiger partial charge in [0.05, 0.1) is 37.1 Å². The van der Waals surface area contributed by atoms with E-state index in [1.165, 1.54) is 12.7 Å². The number of methoxy groups -OCH3 is 2. The van der Waals surface area contributed by atoms with Gasteiger partial charge >= 0.3 is 6.01 Å². The molecule has 8 heteroatoms. The molecule has 0 radical (unpaired) electrons. The van der Waals surface area contributed by atoms with Gasteiger partial charge in [-0.25, -0.2) is 14.5 Å². The summed E-state index contributed by atoms with van der Waals surface area (Å²) in [5.74, 6) is 1.33. The fraction of sp³-hybridized carbons (Fsp3) is 0.261. The topological polar surface area (TPSA) is 98.2 Å². The van der Waals surface area contributed by atoms with Crippen LogP contribution in [-0.2, 0) is 6.42 Å². The van der Waals surface area contributed by atoms with Crippen LogP contribution in [-0.4, -0.2) is 38.8 Å². The molecular weight excluding hydrogens is 392 g/mol. The maximum Gasteiger partial charge on any atom is 0.319 e. The zero-order valence-electron chi connectivity index (χ0n) is 17.2. The van der Waals surface area contributed by atoms with Crippen molar-refractivity contribution in [1.82, 2.24) is 24.6 Å². The summed E-state index contributed by atoms with van der Waals surface area (Å²) in [4.78, 5) is 13.0. The fourth-order valence-electron chi connectivity index (χ4n) is 4.00. The van der Waals surface area contributed by atoms with Gasteiger partial charge in [0.2, 0.25) is 5.88 Å². The first-order chi connectivity index (χ1) is 15.2. The Morgan fingerprint density at radius 2 is 2.00 bits per heavy atom. The molecular formula is C23H20N6O2. The highest BCUT2D eigenvalue weighted by Crippen LogP contribution is 2.50. The van der Waals surface area contributed by atoms with Crippen molar-refractivity contribution in [3.05, 3.63) is 65.6 Å². The maximum atomic E-state index is 8.99. The summed E-state index contributed by atoms with van der Waals surface area (Å²) < 4.78 is 12.4. The van der Waals surface area contributed by atoms with Gasteiger partial charge in [-0.3, -0.25) is 0 Å². The molecule has 1 saturated carbocycles. The van der Waals surface area contributed by atoms with Gasteiger partial charge in [0.1, 0.15) is 0 Å². The third-order valence-corrected chi connectivity index (χ3v) is 5.67. The normalized spacial score (nSPS) is 17.3. The van der Waals surface area contributed by atoms with Crippen LogP contribution >= 0.6 is 0 Å². The third-order valence-electron chi connectivity index (χ3n) is 5.67. The van der Waals surface area contributed by atoms with Crippen LogP contribution in [0.5, 0.6) is 11.9 Å². The first-order valence-electron chi connectivity index (χ1n) is 9.99. The molecule has 0 unspecified atom stereocenters.